The minimum absolute atomic E-state index is 0.00140. The fourth-order valence-electron chi connectivity index (χ4n) is 5.11. The first-order valence-corrected chi connectivity index (χ1v) is 13.0. The van der Waals surface area contributed by atoms with Crippen LogP contribution in [0, 0.1) is 30.1 Å². The molecular weight excluding hydrogens is 444 g/mol. The van der Waals surface area contributed by atoms with Gasteiger partial charge < -0.3 is 10.2 Å². The summed E-state index contributed by atoms with van der Waals surface area (Å²) in [6.07, 6.45) is 12.6. The maximum absolute atomic E-state index is 12.8. The van der Waals surface area contributed by atoms with Crippen LogP contribution in [0.1, 0.15) is 50.8 Å². The fraction of sp³-hybridized carbons (Fsp3) is 0.387. The van der Waals surface area contributed by atoms with Gasteiger partial charge in [-0.05, 0) is 93.0 Å². The molecule has 2 aromatic rings. The van der Waals surface area contributed by atoms with Gasteiger partial charge in [-0.2, -0.15) is 5.26 Å². The molecule has 1 aromatic heterocycles. The molecule has 1 aromatic carbocycles. The molecule has 186 valence electrons. The van der Waals surface area contributed by atoms with E-state index in [1.165, 1.54) is 11.3 Å². The highest BCUT2D eigenvalue weighted by atomic mass is 16.1. The monoisotopic (exact) mass is 480 g/mol. The Morgan fingerprint density at radius 3 is 2.69 bits per heavy atom. The van der Waals surface area contributed by atoms with Gasteiger partial charge in [-0.1, -0.05) is 29.8 Å². The van der Waals surface area contributed by atoms with Crippen LogP contribution in [0.5, 0.6) is 0 Å². The van der Waals surface area contributed by atoms with Crippen LogP contribution >= 0.6 is 0 Å². The molecule has 1 amide bonds. The summed E-state index contributed by atoms with van der Waals surface area (Å²) in [5.74, 6) is 0.592. The summed E-state index contributed by atoms with van der Waals surface area (Å²) >= 11 is 0. The van der Waals surface area contributed by atoms with Gasteiger partial charge in [-0.15, -0.1) is 0 Å². The second-order valence-corrected chi connectivity index (χ2v) is 10.2. The third kappa shape index (κ3) is 6.73. The summed E-state index contributed by atoms with van der Waals surface area (Å²) in [6.45, 7) is 8.13. The zero-order valence-electron chi connectivity index (χ0n) is 21.6. The third-order valence-electron chi connectivity index (χ3n) is 7.22. The van der Waals surface area contributed by atoms with Gasteiger partial charge in [0.2, 0.25) is 5.91 Å². The van der Waals surface area contributed by atoms with Gasteiger partial charge in [-0.3, -0.25) is 9.78 Å². The van der Waals surface area contributed by atoms with E-state index in [-0.39, 0.29) is 11.8 Å². The molecule has 5 nitrogen and oxygen atoms in total. The number of aryl methyl sites for hydroxylation is 1. The Labute approximate surface area is 215 Å². The lowest BCUT2D eigenvalue weighted by molar-refractivity contribution is -0.119. The van der Waals surface area contributed by atoms with E-state index in [1.807, 2.05) is 38.2 Å². The quantitative estimate of drug-likeness (QED) is 0.543. The first kappa shape index (κ1) is 25.4. The molecule has 1 N–H and O–H groups in total. The Balaban J connectivity index is 1.37. The van der Waals surface area contributed by atoms with Crippen LogP contribution in [0.3, 0.4) is 0 Å². The predicted molar refractivity (Wildman–Crippen MR) is 144 cm³/mol. The molecule has 0 radical (unpaired) electrons. The van der Waals surface area contributed by atoms with E-state index in [4.69, 9.17) is 0 Å². The molecular formula is C31H36N4O. The molecule has 36 heavy (non-hydrogen) atoms. The average Bonchev–Trinajstić information content (AvgIpc) is 3.22. The van der Waals surface area contributed by atoms with Crippen LogP contribution < -0.4 is 5.32 Å². The maximum atomic E-state index is 12.8. The van der Waals surface area contributed by atoms with Crippen molar-refractivity contribution in [3.05, 3.63) is 89.0 Å². The summed E-state index contributed by atoms with van der Waals surface area (Å²) in [6, 6.07) is 14.7. The summed E-state index contributed by atoms with van der Waals surface area (Å²) in [4.78, 5) is 19.5. The number of amides is 1. The van der Waals surface area contributed by atoms with Crippen LogP contribution in [-0.2, 0) is 11.2 Å². The van der Waals surface area contributed by atoms with Gasteiger partial charge in [0.15, 0.2) is 0 Å². The number of pyridine rings is 1. The third-order valence-corrected chi connectivity index (χ3v) is 7.22. The zero-order chi connectivity index (χ0) is 25.5. The molecule has 1 saturated heterocycles. The van der Waals surface area contributed by atoms with Gasteiger partial charge in [0, 0.05) is 48.7 Å². The van der Waals surface area contributed by atoms with Crippen LogP contribution in [0.15, 0.2) is 77.8 Å². The molecule has 4 rings (SSSR count). The topological polar surface area (TPSA) is 69.0 Å². The van der Waals surface area contributed by atoms with E-state index in [2.05, 4.69) is 64.6 Å². The van der Waals surface area contributed by atoms with Crippen LogP contribution in [-0.4, -0.2) is 28.9 Å². The number of carbonyl (C=O) groups excluding carboxylic acids is 1. The molecule has 0 saturated carbocycles. The number of nitrogens with zero attached hydrogens (tertiary/aromatic N) is 3. The Morgan fingerprint density at radius 1 is 1.14 bits per heavy atom. The molecule has 2 atom stereocenters. The fourth-order valence-corrected chi connectivity index (χ4v) is 5.11. The average molecular weight is 481 g/mol. The molecule has 2 heterocycles. The van der Waals surface area contributed by atoms with Crippen molar-refractivity contribution >= 4 is 5.91 Å². The largest absolute Gasteiger partial charge is 0.372 e. The number of likely N-dealkylation sites (tertiary alicyclic amines) is 1. The predicted octanol–water partition coefficient (Wildman–Crippen LogP) is 6.10. The normalized spacial score (nSPS) is 19.1. The second kappa shape index (κ2) is 11.9. The van der Waals surface area contributed by atoms with Crippen molar-refractivity contribution in [1.29, 1.82) is 5.26 Å². The minimum Gasteiger partial charge on any atom is -0.372 e. The lowest BCUT2D eigenvalue weighted by Crippen LogP contribution is -2.24. The molecule has 1 fully saturated rings. The number of rotatable bonds is 6. The van der Waals surface area contributed by atoms with Crippen molar-refractivity contribution in [1.82, 2.24) is 15.2 Å². The Kier molecular flexibility index (Phi) is 8.38. The summed E-state index contributed by atoms with van der Waals surface area (Å²) in [7, 11) is 0. The summed E-state index contributed by atoms with van der Waals surface area (Å²) < 4.78 is 0. The zero-order valence-corrected chi connectivity index (χ0v) is 21.6. The van der Waals surface area contributed by atoms with Gasteiger partial charge >= 0.3 is 0 Å². The molecule has 2 unspecified atom stereocenters. The van der Waals surface area contributed by atoms with E-state index in [1.54, 1.807) is 0 Å². The number of allylic oxidation sites excluding steroid dienone is 4. The van der Waals surface area contributed by atoms with Crippen LogP contribution in [0.25, 0.3) is 11.1 Å². The lowest BCUT2D eigenvalue weighted by atomic mass is 9.89. The number of nitrogens with one attached hydrogen (secondary N) is 1. The highest BCUT2D eigenvalue weighted by molar-refractivity contribution is 5.80. The molecule has 5 heteroatoms. The Bertz CT molecular complexity index is 1220. The van der Waals surface area contributed by atoms with E-state index in [0.29, 0.717) is 12.3 Å². The molecule has 1 aliphatic heterocycles. The van der Waals surface area contributed by atoms with Gasteiger partial charge in [0.05, 0.1) is 12.5 Å². The smallest absolute Gasteiger partial charge is 0.228 e. The van der Waals surface area contributed by atoms with Crippen molar-refractivity contribution in [2.24, 2.45) is 11.8 Å². The highest BCUT2D eigenvalue weighted by Crippen LogP contribution is 2.28. The highest BCUT2D eigenvalue weighted by Gasteiger charge is 2.22. The van der Waals surface area contributed by atoms with Gasteiger partial charge in [0.25, 0.3) is 0 Å². The standard InChI is InChI=1S/C31H36N4O/c1-22-17-29(10-11-30(18-22)35-15-4-5-26(13-16-35)23(2)21-32)34-31(36)20-25-6-8-27(9-7-25)28-12-14-33-24(3)19-28/h6-12,14,18-19,23,26H,4-5,13,15-17,20H2,1-3H3,(H,34,36). The van der Waals surface area contributed by atoms with Crippen molar-refractivity contribution < 1.29 is 4.79 Å². The van der Waals surface area contributed by atoms with Crippen molar-refractivity contribution in [2.45, 2.75) is 52.9 Å². The van der Waals surface area contributed by atoms with Crippen molar-refractivity contribution in [2.75, 3.05) is 13.1 Å². The number of benzene rings is 1. The molecule has 1 aliphatic carbocycles. The lowest BCUT2D eigenvalue weighted by Gasteiger charge is -2.24. The molecule has 0 bridgehead atoms. The SMILES string of the molecule is CC1=CC(N2CCCC(C(C)C#N)CC2)=CC=C(NC(=O)Cc2ccc(-c3ccnc(C)c3)cc2)C1. The number of nitriles is 1. The first-order chi connectivity index (χ1) is 17.4. The summed E-state index contributed by atoms with van der Waals surface area (Å²) in [5, 5.41) is 12.4. The van der Waals surface area contributed by atoms with Crippen molar-refractivity contribution in [3.8, 4) is 17.2 Å². The minimum atomic E-state index is 0.00140. The van der Waals surface area contributed by atoms with Crippen LogP contribution in [0.4, 0.5) is 0 Å². The van der Waals surface area contributed by atoms with E-state index in [0.717, 1.165) is 66.9 Å². The first-order valence-electron chi connectivity index (χ1n) is 13.0. The van der Waals surface area contributed by atoms with Gasteiger partial charge in [0.1, 0.15) is 0 Å². The van der Waals surface area contributed by atoms with E-state index >= 15 is 0 Å². The number of hydrogen-bond acceptors (Lipinski definition) is 4. The van der Waals surface area contributed by atoms with Crippen LogP contribution in [0.2, 0.25) is 0 Å². The van der Waals surface area contributed by atoms with Gasteiger partial charge in [-0.25, -0.2) is 0 Å². The number of aromatic nitrogens is 1. The Hall–Kier alpha value is -3.65. The Morgan fingerprint density at radius 2 is 1.94 bits per heavy atom. The summed E-state index contributed by atoms with van der Waals surface area (Å²) in [5.41, 5.74) is 7.59. The number of carbonyl (C=O) groups is 1. The van der Waals surface area contributed by atoms with E-state index < -0.39 is 0 Å². The maximum Gasteiger partial charge on any atom is 0.228 e. The van der Waals surface area contributed by atoms with E-state index in [9.17, 15) is 10.1 Å². The molecule has 0 spiro atoms. The second-order valence-electron chi connectivity index (χ2n) is 10.2. The molecule has 2 aliphatic rings. The van der Waals surface area contributed by atoms with Crippen molar-refractivity contribution in [3.63, 3.8) is 0 Å². The number of hydrogen-bond donors (Lipinski definition) is 1.